The van der Waals surface area contributed by atoms with Crippen molar-refractivity contribution in [3.8, 4) is 0 Å². The third kappa shape index (κ3) is 4.52. The van der Waals surface area contributed by atoms with Gasteiger partial charge in [0.05, 0.1) is 0 Å². The van der Waals surface area contributed by atoms with E-state index in [1.807, 2.05) is 37.3 Å². The summed E-state index contributed by atoms with van der Waals surface area (Å²) in [7, 11) is 0. The van der Waals surface area contributed by atoms with Crippen molar-refractivity contribution in [2.24, 2.45) is 0 Å². The Morgan fingerprint density at radius 3 is 2.50 bits per heavy atom. The number of nitrogen functional groups attached to an aromatic ring is 1. The van der Waals surface area contributed by atoms with Crippen molar-refractivity contribution in [1.29, 1.82) is 0 Å². The Balaban J connectivity index is 1.86. The lowest BCUT2D eigenvalue weighted by Gasteiger charge is -2.16. The summed E-state index contributed by atoms with van der Waals surface area (Å²) in [5.74, 6) is -1.05. The normalized spacial score (nSPS) is 12.9. The Bertz CT molecular complexity index is 706. The predicted octanol–water partition coefficient (Wildman–Crippen LogP) is 1.52. The standard InChI is InChI=1S/C17H20N4O3/c1-11(13-6-4-3-5-7-13)10-21-16(22)12(2)24-17(23)14-15(18)20-9-8-19-14/h3-9,11-12H,10H2,1-2H3,(H2,18,20)(H,21,22). The summed E-state index contributed by atoms with van der Waals surface area (Å²) in [4.78, 5) is 31.6. The highest BCUT2D eigenvalue weighted by molar-refractivity contribution is 5.93. The Labute approximate surface area is 140 Å². The van der Waals surface area contributed by atoms with Crippen LogP contribution in [0.4, 0.5) is 5.82 Å². The highest BCUT2D eigenvalue weighted by atomic mass is 16.5. The van der Waals surface area contributed by atoms with Gasteiger partial charge in [0.2, 0.25) is 0 Å². The van der Waals surface area contributed by atoms with E-state index in [1.165, 1.54) is 19.3 Å². The molecule has 0 saturated carbocycles. The van der Waals surface area contributed by atoms with E-state index in [2.05, 4.69) is 15.3 Å². The van der Waals surface area contributed by atoms with Crippen LogP contribution in [0.2, 0.25) is 0 Å². The van der Waals surface area contributed by atoms with Crippen molar-refractivity contribution in [2.75, 3.05) is 12.3 Å². The molecule has 0 aliphatic heterocycles. The first-order valence-electron chi connectivity index (χ1n) is 7.59. The Hall–Kier alpha value is -2.96. The van der Waals surface area contributed by atoms with E-state index >= 15 is 0 Å². The van der Waals surface area contributed by atoms with E-state index in [9.17, 15) is 9.59 Å². The van der Waals surface area contributed by atoms with Gasteiger partial charge in [-0.25, -0.2) is 14.8 Å². The van der Waals surface area contributed by atoms with Crippen LogP contribution in [0.5, 0.6) is 0 Å². The first-order chi connectivity index (χ1) is 11.5. The number of nitrogens with zero attached hydrogens (tertiary/aromatic N) is 2. The Morgan fingerprint density at radius 2 is 1.83 bits per heavy atom. The molecule has 1 aromatic carbocycles. The summed E-state index contributed by atoms with van der Waals surface area (Å²) in [6, 6.07) is 9.83. The molecule has 2 unspecified atom stereocenters. The number of carbonyl (C=O) groups excluding carboxylic acids is 2. The molecule has 7 heteroatoms. The van der Waals surface area contributed by atoms with Crippen molar-refractivity contribution in [3.63, 3.8) is 0 Å². The molecule has 24 heavy (non-hydrogen) atoms. The van der Waals surface area contributed by atoms with Crippen LogP contribution in [0, 0.1) is 0 Å². The highest BCUT2D eigenvalue weighted by Gasteiger charge is 2.22. The van der Waals surface area contributed by atoms with Crippen molar-refractivity contribution in [3.05, 3.63) is 54.0 Å². The van der Waals surface area contributed by atoms with Crippen molar-refractivity contribution in [2.45, 2.75) is 25.9 Å². The van der Waals surface area contributed by atoms with Gasteiger partial charge < -0.3 is 15.8 Å². The van der Waals surface area contributed by atoms with Gasteiger partial charge in [0.25, 0.3) is 5.91 Å². The number of carbonyl (C=O) groups is 2. The Morgan fingerprint density at radius 1 is 1.17 bits per heavy atom. The van der Waals surface area contributed by atoms with Gasteiger partial charge >= 0.3 is 5.97 Å². The van der Waals surface area contributed by atoms with Crippen LogP contribution < -0.4 is 11.1 Å². The van der Waals surface area contributed by atoms with Crippen LogP contribution in [0.3, 0.4) is 0 Å². The summed E-state index contributed by atoms with van der Waals surface area (Å²) in [6.45, 7) is 3.94. The number of rotatable bonds is 6. The summed E-state index contributed by atoms with van der Waals surface area (Å²) in [5.41, 5.74) is 6.58. The van der Waals surface area contributed by atoms with Crippen LogP contribution in [-0.4, -0.2) is 34.5 Å². The molecule has 0 saturated heterocycles. The minimum atomic E-state index is -0.957. The molecule has 7 nitrogen and oxygen atoms in total. The maximum Gasteiger partial charge on any atom is 0.361 e. The number of ether oxygens (including phenoxy) is 1. The molecular weight excluding hydrogens is 308 g/mol. The van der Waals surface area contributed by atoms with Gasteiger partial charge in [-0.2, -0.15) is 0 Å². The van der Waals surface area contributed by atoms with Gasteiger partial charge in [-0.15, -0.1) is 0 Å². The second-order valence-corrected chi connectivity index (χ2v) is 5.39. The van der Waals surface area contributed by atoms with Crippen molar-refractivity contribution in [1.82, 2.24) is 15.3 Å². The Kier molecular flexibility index (Phi) is 5.83. The van der Waals surface area contributed by atoms with Crippen LogP contribution in [-0.2, 0) is 9.53 Å². The van der Waals surface area contributed by atoms with E-state index in [-0.39, 0.29) is 23.3 Å². The lowest BCUT2D eigenvalue weighted by molar-refractivity contribution is -0.129. The molecule has 1 aromatic heterocycles. The number of esters is 1. The second kappa shape index (κ2) is 8.05. The SMILES string of the molecule is CC(OC(=O)c1nccnc1N)C(=O)NCC(C)c1ccccc1. The average molecular weight is 328 g/mol. The number of aromatic nitrogens is 2. The van der Waals surface area contributed by atoms with Gasteiger partial charge in [0.15, 0.2) is 17.6 Å². The monoisotopic (exact) mass is 328 g/mol. The molecule has 0 bridgehead atoms. The zero-order valence-corrected chi connectivity index (χ0v) is 13.6. The lowest BCUT2D eigenvalue weighted by Crippen LogP contribution is -2.37. The summed E-state index contributed by atoms with van der Waals surface area (Å²) in [5, 5.41) is 2.77. The third-order valence-electron chi connectivity index (χ3n) is 3.52. The molecule has 1 amide bonds. The topological polar surface area (TPSA) is 107 Å². The molecule has 2 aromatic rings. The van der Waals surface area contributed by atoms with Crippen molar-refractivity contribution < 1.29 is 14.3 Å². The molecule has 2 rings (SSSR count). The van der Waals surface area contributed by atoms with E-state index in [0.29, 0.717) is 6.54 Å². The number of hydrogen-bond donors (Lipinski definition) is 2. The zero-order chi connectivity index (χ0) is 17.5. The fourth-order valence-electron chi connectivity index (χ4n) is 2.07. The zero-order valence-electron chi connectivity index (χ0n) is 13.6. The molecule has 3 N–H and O–H groups in total. The van der Waals surface area contributed by atoms with Crippen LogP contribution in [0.25, 0.3) is 0 Å². The molecule has 126 valence electrons. The summed E-state index contributed by atoms with van der Waals surface area (Å²) in [6.07, 6.45) is 1.74. The number of amides is 1. The van der Waals surface area contributed by atoms with E-state index in [4.69, 9.17) is 10.5 Å². The first-order valence-corrected chi connectivity index (χ1v) is 7.59. The average Bonchev–Trinajstić information content (AvgIpc) is 2.60. The molecule has 1 heterocycles. The second-order valence-electron chi connectivity index (χ2n) is 5.39. The number of benzene rings is 1. The van der Waals surface area contributed by atoms with E-state index < -0.39 is 12.1 Å². The van der Waals surface area contributed by atoms with E-state index in [1.54, 1.807) is 0 Å². The fourth-order valence-corrected chi connectivity index (χ4v) is 2.07. The quantitative estimate of drug-likeness (QED) is 0.779. The number of hydrogen-bond acceptors (Lipinski definition) is 6. The first kappa shape index (κ1) is 17.4. The highest BCUT2D eigenvalue weighted by Crippen LogP contribution is 2.13. The smallest absolute Gasteiger partial charge is 0.361 e. The summed E-state index contributed by atoms with van der Waals surface area (Å²) < 4.78 is 5.08. The minimum absolute atomic E-state index is 0.0344. The molecule has 0 spiro atoms. The van der Waals surface area contributed by atoms with Gasteiger partial charge in [-0.1, -0.05) is 37.3 Å². The van der Waals surface area contributed by atoms with E-state index in [0.717, 1.165) is 5.56 Å². The maximum atomic E-state index is 12.1. The van der Waals surface area contributed by atoms with Gasteiger partial charge in [-0.3, -0.25) is 4.79 Å². The van der Waals surface area contributed by atoms with Crippen LogP contribution >= 0.6 is 0 Å². The maximum absolute atomic E-state index is 12.1. The minimum Gasteiger partial charge on any atom is -0.448 e. The largest absolute Gasteiger partial charge is 0.448 e. The van der Waals surface area contributed by atoms with Gasteiger partial charge in [0.1, 0.15) is 0 Å². The van der Waals surface area contributed by atoms with Gasteiger partial charge in [0, 0.05) is 18.9 Å². The van der Waals surface area contributed by atoms with Crippen LogP contribution in [0.1, 0.15) is 35.8 Å². The van der Waals surface area contributed by atoms with Crippen LogP contribution in [0.15, 0.2) is 42.7 Å². The molecule has 0 aliphatic rings. The number of anilines is 1. The third-order valence-corrected chi connectivity index (χ3v) is 3.52. The number of nitrogens with one attached hydrogen (secondary N) is 1. The fraction of sp³-hybridized carbons (Fsp3) is 0.294. The lowest BCUT2D eigenvalue weighted by atomic mass is 10.0. The predicted molar refractivity (Wildman–Crippen MR) is 89.2 cm³/mol. The number of nitrogens with two attached hydrogens (primary N) is 1. The molecule has 0 radical (unpaired) electrons. The van der Waals surface area contributed by atoms with Gasteiger partial charge in [-0.05, 0) is 18.4 Å². The molecule has 0 aliphatic carbocycles. The summed E-state index contributed by atoms with van der Waals surface area (Å²) >= 11 is 0. The van der Waals surface area contributed by atoms with Crippen molar-refractivity contribution >= 4 is 17.7 Å². The molecule has 0 fully saturated rings. The molecule has 2 atom stereocenters. The molecular formula is C17H20N4O3.